The predicted molar refractivity (Wildman–Crippen MR) is 85.9 cm³/mol. The minimum absolute atomic E-state index is 0.149. The molecule has 1 aromatic carbocycles. The van der Waals surface area contributed by atoms with Gasteiger partial charge in [0.25, 0.3) is 5.56 Å². The zero-order valence-corrected chi connectivity index (χ0v) is 13.5. The molecule has 25 heavy (non-hydrogen) atoms. The minimum Gasteiger partial charge on any atom is -0.374 e. The smallest absolute Gasteiger partial charge is 0.330 e. The maximum absolute atomic E-state index is 14.3. The lowest BCUT2D eigenvalue weighted by Crippen LogP contribution is -2.36. The summed E-state index contributed by atoms with van der Waals surface area (Å²) in [6.07, 6.45) is -5.38. The minimum atomic E-state index is -2.03. The standard InChI is InChI=1S/C17H18F2N2O4/c1-10-7-21(17(23)20-15(10)22)16-14(19)13(18)12(25-16)9-24-8-11-5-3-2-4-6-11/h2-7,12-14,16H,8-9H2,1H3,(H,20,22,23). The fourth-order valence-electron chi connectivity index (χ4n) is 2.68. The average Bonchev–Trinajstić information content (AvgIpc) is 2.88. The molecule has 0 spiro atoms. The number of nitrogens with zero attached hydrogens (tertiary/aromatic N) is 1. The molecular weight excluding hydrogens is 334 g/mol. The molecule has 0 saturated carbocycles. The van der Waals surface area contributed by atoms with E-state index in [0.29, 0.717) is 0 Å². The molecule has 1 N–H and O–H groups in total. The highest BCUT2D eigenvalue weighted by molar-refractivity contribution is 5.13. The number of alkyl halides is 2. The van der Waals surface area contributed by atoms with Gasteiger partial charge in [0, 0.05) is 11.8 Å². The van der Waals surface area contributed by atoms with E-state index in [1.165, 1.54) is 13.1 Å². The molecule has 2 aromatic rings. The van der Waals surface area contributed by atoms with Gasteiger partial charge in [-0.3, -0.25) is 14.3 Å². The molecule has 8 heteroatoms. The second kappa shape index (κ2) is 7.28. The largest absolute Gasteiger partial charge is 0.374 e. The Hall–Kier alpha value is -2.32. The van der Waals surface area contributed by atoms with Crippen LogP contribution in [0.4, 0.5) is 8.78 Å². The van der Waals surface area contributed by atoms with Crippen molar-refractivity contribution in [2.45, 2.75) is 38.2 Å². The summed E-state index contributed by atoms with van der Waals surface area (Å²) in [5.41, 5.74) is -0.318. The molecule has 0 amide bonds. The lowest BCUT2D eigenvalue weighted by molar-refractivity contribution is -0.0621. The summed E-state index contributed by atoms with van der Waals surface area (Å²) in [5, 5.41) is 0. The van der Waals surface area contributed by atoms with Crippen molar-refractivity contribution in [3.05, 3.63) is 68.5 Å². The number of halogens is 2. The highest BCUT2D eigenvalue weighted by Crippen LogP contribution is 2.33. The monoisotopic (exact) mass is 352 g/mol. The first-order chi connectivity index (χ1) is 12.0. The molecule has 1 aliphatic heterocycles. The molecular formula is C17H18F2N2O4. The predicted octanol–water partition coefficient (Wildman–Crippen LogP) is 1.64. The lowest BCUT2D eigenvalue weighted by Gasteiger charge is -2.16. The third kappa shape index (κ3) is 3.69. The second-order valence-corrected chi connectivity index (χ2v) is 5.93. The quantitative estimate of drug-likeness (QED) is 0.888. The molecule has 0 aliphatic carbocycles. The molecule has 3 rings (SSSR count). The van der Waals surface area contributed by atoms with Crippen LogP contribution in [0.1, 0.15) is 17.4 Å². The number of benzene rings is 1. The molecule has 1 aliphatic rings. The number of aryl methyl sites for hydroxylation is 1. The van der Waals surface area contributed by atoms with Crippen LogP contribution in [0.5, 0.6) is 0 Å². The van der Waals surface area contributed by atoms with Crippen LogP contribution in [0.2, 0.25) is 0 Å². The molecule has 4 unspecified atom stereocenters. The van der Waals surface area contributed by atoms with E-state index in [4.69, 9.17) is 9.47 Å². The Bertz CT molecular complexity index is 837. The van der Waals surface area contributed by atoms with Crippen molar-refractivity contribution in [2.24, 2.45) is 0 Å². The normalized spacial score (nSPS) is 26.0. The van der Waals surface area contributed by atoms with Crippen molar-refractivity contribution in [3.63, 3.8) is 0 Å². The Morgan fingerprint density at radius 1 is 1.20 bits per heavy atom. The van der Waals surface area contributed by atoms with Gasteiger partial charge in [-0.1, -0.05) is 30.3 Å². The van der Waals surface area contributed by atoms with Crippen molar-refractivity contribution < 1.29 is 18.3 Å². The van der Waals surface area contributed by atoms with Crippen LogP contribution >= 0.6 is 0 Å². The zero-order valence-electron chi connectivity index (χ0n) is 13.5. The van der Waals surface area contributed by atoms with Crippen molar-refractivity contribution in [1.82, 2.24) is 9.55 Å². The van der Waals surface area contributed by atoms with E-state index < -0.39 is 35.9 Å². The summed E-state index contributed by atoms with van der Waals surface area (Å²) >= 11 is 0. The summed E-state index contributed by atoms with van der Waals surface area (Å²) < 4.78 is 40.1. The van der Waals surface area contributed by atoms with Gasteiger partial charge in [0.05, 0.1) is 13.2 Å². The first-order valence-electron chi connectivity index (χ1n) is 7.84. The molecule has 1 fully saturated rings. The van der Waals surface area contributed by atoms with E-state index in [1.807, 2.05) is 30.3 Å². The third-order valence-electron chi connectivity index (χ3n) is 4.06. The van der Waals surface area contributed by atoms with Crippen LogP contribution in [0.3, 0.4) is 0 Å². The van der Waals surface area contributed by atoms with E-state index in [2.05, 4.69) is 4.98 Å². The highest BCUT2D eigenvalue weighted by Gasteiger charge is 2.47. The van der Waals surface area contributed by atoms with Crippen molar-refractivity contribution >= 4 is 0 Å². The van der Waals surface area contributed by atoms with Gasteiger partial charge < -0.3 is 9.47 Å². The number of hydrogen-bond donors (Lipinski definition) is 1. The molecule has 6 nitrogen and oxygen atoms in total. The van der Waals surface area contributed by atoms with Gasteiger partial charge in [-0.05, 0) is 12.5 Å². The van der Waals surface area contributed by atoms with Crippen molar-refractivity contribution in [3.8, 4) is 0 Å². The van der Waals surface area contributed by atoms with Gasteiger partial charge >= 0.3 is 5.69 Å². The topological polar surface area (TPSA) is 73.3 Å². The van der Waals surface area contributed by atoms with Crippen LogP contribution in [-0.4, -0.2) is 34.6 Å². The first kappa shape index (κ1) is 17.5. The Balaban J connectivity index is 1.68. The third-order valence-corrected chi connectivity index (χ3v) is 4.06. The number of nitrogens with one attached hydrogen (secondary N) is 1. The molecule has 4 atom stereocenters. The Morgan fingerprint density at radius 3 is 2.64 bits per heavy atom. The van der Waals surface area contributed by atoms with E-state index in [-0.39, 0.29) is 18.8 Å². The highest BCUT2D eigenvalue weighted by atomic mass is 19.2. The molecule has 1 saturated heterocycles. The SMILES string of the molecule is Cc1cn(C2OC(COCc3ccccc3)C(F)C2F)c(=O)[nH]c1=O. The van der Waals surface area contributed by atoms with Crippen LogP contribution in [0, 0.1) is 6.92 Å². The summed E-state index contributed by atoms with van der Waals surface area (Å²) in [6, 6.07) is 9.27. The Labute approximate surface area is 142 Å². The fourth-order valence-corrected chi connectivity index (χ4v) is 2.68. The van der Waals surface area contributed by atoms with E-state index >= 15 is 0 Å². The second-order valence-electron chi connectivity index (χ2n) is 5.93. The summed E-state index contributed by atoms with van der Waals surface area (Å²) in [5.74, 6) is 0. The number of ether oxygens (including phenoxy) is 2. The maximum Gasteiger partial charge on any atom is 0.330 e. The Morgan fingerprint density at radius 2 is 1.92 bits per heavy atom. The maximum atomic E-state index is 14.3. The number of rotatable bonds is 5. The van der Waals surface area contributed by atoms with Gasteiger partial charge in [-0.15, -0.1) is 0 Å². The molecule has 1 aromatic heterocycles. The van der Waals surface area contributed by atoms with Gasteiger partial charge in [-0.25, -0.2) is 13.6 Å². The molecule has 2 heterocycles. The van der Waals surface area contributed by atoms with Crippen molar-refractivity contribution in [2.75, 3.05) is 6.61 Å². The van der Waals surface area contributed by atoms with Crippen LogP contribution in [0.25, 0.3) is 0 Å². The number of hydrogen-bond acceptors (Lipinski definition) is 4. The summed E-state index contributed by atoms with van der Waals surface area (Å²) in [6.45, 7) is 1.56. The van der Waals surface area contributed by atoms with E-state index in [9.17, 15) is 18.4 Å². The van der Waals surface area contributed by atoms with E-state index in [1.54, 1.807) is 0 Å². The lowest BCUT2D eigenvalue weighted by atomic mass is 10.2. The van der Waals surface area contributed by atoms with E-state index in [0.717, 1.165) is 10.1 Å². The Kier molecular flexibility index (Phi) is 5.10. The molecule has 134 valence electrons. The number of H-pyrrole nitrogens is 1. The summed E-state index contributed by atoms with van der Waals surface area (Å²) in [7, 11) is 0. The van der Waals surface area contributed by atoms with Gasteiger partial charge in [0.2, 0.25) is 0 Å². The van der Waals surface area contributed by atoms with Gasteiger partial charge in [0.1, 0.15) is 6.10 Å². The number of aromatic nitrogens is 2. The van der Waals surface area contributed by atoms with Crippen LogP contribution in [-0.2, 0) is 16.1 Å². The van der Waals surface area contributed by atoms with Gasteiger partial charge in [0.15, 0.2) is 18.6 Å². The van der Waals surface area contributed by atoms with Crippen LogP contribution in [0.15, 0.2) is 46.1 Å². The van der Waals surface area contributed by atoms with Crippen LogP contribution < -0.4 is 11.2 Å². The zero-order chi connectivity index (χ0) is 18.0. The number of aromatic amines is 1. The fraction of sp³-hybridized carbons (Fsp3) is 0.412. The van der Waals surface area contributed by atoms with Gasteiger partial charge in [-0.2, -0.15) is 0 Å². The first-order valence-corrected chi connectivity index (χ1v) is 7.84. The molecule has 0 radical (unpaired) electrons. The van der Waals surface area contributed by atoms with Crippen molar-refractivity contribution in [1.29, 1.82) is 0 Å². The summed E-state index contributed by atoms with van der Waals surface area (Å²) in [4.78, 5) is 25.3. The average molecular weight is 352 g/mol. The molecule has 0 bridgehead atoms.